The van der Waals surface area contributed by atoms with Crippen molar-refractivity contribution in [2.45, 2.75) is 51.3 Å². The summed E-state index contributed by atoms with van der Waals surface area (Å²) >= 11 is 6.28. The van der Waals surface area contributed by atoms with Crippen LogP contribution in [0.1, 0.15) is 44.3 Å². The maximum absolute atomic E-state index is 6.28. The molecule has 1 saturated heterocycles. The molecule has 2 heterocycles. The van der Waals surface area contributed by atoms with Crippen LogP contribution in [0.5, 0.6) is 0 Å². The first-order chi connectivity index (χ1) is 8.76. The Morgan fingerprint density at radius 1 is 1.67 bits per heavy atom. The van der Waals surface area contributed by atoms with Crippen LogP contribution in [-0.4, -0.2) is 29.5 Å². The monoisotopic (exact) mass is 271 g/mol. The highest BCUT2D eigenvalue weighted by molar-refractivity contribution is 6.31. The van der Waals surface area contributed by atoms with Crippen molar-refractivity contribution in [2.24, 2.45) is 0 Å². The van der Waals surface area contributed by atoms with Crippen molar-refractivity contribution >= 4 is 11.6 Å². The summed E-state index contributed by atoms with van der Waals surface area (Å²) < 4.78 is 7.72. The minimum Gasteiger partial charge on any atom is -0.378 e. The second kappa shape index (κ2) is 6.55. The van der Waals surface area contributed by atoms with Gasteiger partial charge in [-0.2, -0.15) is 5.10 Å². The summed E-state index contributed by atoms with van der Waals surface area (Å²) in [6.07, 6.45) is 6.43. The minimum absolute atomic E-state index is 0.217. The summed E-state index contributed by atoms with van der Waals surface area (Å²) in [6.45, 7) is 3.95. The lowest BCUT2D eigenvalue weighted by Gasteiger charge is -2.21. The molecule has 2 rings (SSSR count). The summed E-state index contributed by atoms with van der Waals surface area (Å²) in [4.78, 5) is 0. The van der Waals surface area contributed by atoms with Crippen molar-refractivity contribution in [3.8, 4) is 0 Å². The van der Waals surface area contributed by atoms with Gasteiger partial charge in [0.05, 0.1) is 29.1 Å². The van der Waals surface area contributed by atoms with Gasteiger partial charge in [-0.15, -0.1) is 0 Å². The number of nitrogens with zero attached hydrogens (tertiary/aromatic N) is 2. The summed E-state index contributed by atoms with van der Waals surface area (Å²) in [5.74, 6) is 0. The molecular weight excluding hydrogens is 250 g/mol. The first-order valence-electron chi connectivity index (χ1n) is 6.76. The van der Waals surface area contributed by atoms with E-state index < -0.39 is 0 Å². The summed E-state index contributed by atoms with van der Waals surface area (Å²) in [5, 5.41) is 8.45. The van der Waals surface area contributed by atoms with E-state index in [0.29, 0.717) is 6.10 Å². The Balaban J connectivity index is 2.12. The SMILES string of the molecule is CCCn1ncc(Cl)c1C(CC1CCCO1)NC. The van der Waals surface area contributed by atoms with Crippen LogP contribution >= 0.6 is 11.6 Å². The van der Waals surface area contributed by atoms with Gasteiger partial charge in [0.15, 0.2) is 0 Å². The van der Waals surface area contributed by atoms with Crippen molar-refractivity contribution in [3.63, 3.8) is 0 Å². The van der Waals surface area contributed by atoms with E-state index in [1.165, 1.54) is 6.42 Å². The summed E-state index contributed by atoms with van der Waals surface area (Å²) in [6, 6.07) is 0.217. The second-order valence-corrected chi connectivity index (χ2v) is 5.22. The Bertz CT molecular complexity index is 374. The molecule has 2 atom stereocenters. The van der Waals surface area contributed by atoms with Crippen molar-refractivity contribution in [2.75, 3.05) is 13.7 Å². The van der Waals surface area contributed by atoms with Crippen molar-refractivity contribution in [1.82, 2.24) is 15.1 Å². The lowest BCUT2D eigenvalue weighted by atomic mass is 10.0. The molecular formula is C13H22ClN3O. The number of hydrogen-bond donors (Lipinski definition) is 1. The molecule has 102 valence electrons. The lowest BCUT2D eigenvalue weighted by molar-refractivity contribution is 0.0944. The van der Waals surface area contributed by atoms with Crippen LogP contribution < -0.4 is 5.32 Å². The number of aromatic nitrogens is 2. The quantitative estimate of drug-likeness (QED) is 0.865. The van der Waals surface area contributed by atoms with Gasteiger partial charge in [-0.3, -0.25) is 4.68 Å². The molecule has 0 amide bonds. The molecule has 1 aromatic heterocycles. The van der Waals surface area contributed by atoms with Crippen LogP contribution in [0.2, 0.25) is 5.02 Å². The Kier molecular flexibility index (Phi) is 5.03. The molecule has 0 aromatic carbocycles. The van der Waals surface area contributed by atoms with Crippen molar-refractivity contribution in [1.29, 1.82) is 0 Å². The van der Waals surface area contributed by atoms with Gasteiger partial charge >= 0.3 is 0 Å². The topological polar surface area (TPSA) is 39.1 Å². The fourth-order valence-corrected chi connectivity index (χ4v) is 2.84. The first kappa shape index (κ1) is 13.8. The zero-order chi connectivity index (χ0) is 13.0. The summed E-state index contributed by atoms with van der Waals surface area (Å²) in [7, 11) is 1.97. The van der Waals surface area contributed by atoms with Gasteiger partial charge in [0.2, 0.25) is 0 Å². The van der Waals surface area contributed by atoms with E-state index >= 15 is 0 Å². The molecule has 0 radical (unpaired) electrons. The van der Waals surface area contributed by atoms with Crippen LogP contribution in [0, 0.1) is 0 Å². The molecule has 1 aliphatic heterocycles. The van der Waals surface area contributed by atoms with Crippen LogP contribution in [0.4, 0.5) is 0 Å². The number of ether oxygens (including phenoxy) is 1. The Morgan fingerprint density at radius 2 is 2.50 bits per heavy atom. The van der Waals surface area contributed by atoms with Gasteiger partial charge in [-0.05, 0) is 32.7 Å². The number of rotatable bonds is 6. The average Bonchev–Trinajstić information content (AvgIpc) is 2.98. The smallest absolute Gasteiger partial charge is 0.0834 e. The zero-order valence-corrected chi connectivity index (χ0v) is 11.9. The fraction of sp³-hybridized carbons (Fsp3) is 0.769. The molecule has 18 heavy (non-hydrogen) atoms. The number of aryl methyl sites for hydroxylation is 1. The molecule has 1 aliphatic rings. The third-order valence-electron chi connectivity index (χ3n) is 3.47. The summed E-state index contributed by atoms with van der Waals surface area (Å²) in [5.41, 5.74) is 1.09. The van der Waals surface area contributed by atoms with E-state index in [9.17, 15) is 0 Å². The predicted octanol–water partition coefficient (Wildman–Crippen LogP) is 2.78. The number of nitrogens with one attached hydrogen (secondary N) is 1. The molecule has 2 unspecified atom stereocenters. The first-order valence-corrected chi connectivity index (χ1v) is 7.14. The van der Waals surface area contributed by atoms with Crippen molar-refractivity contribution in [3.05, 3.63) is 16.9 Å². The standard InChI is InChI=1S/C13H22ClN3O/c1-3-6-17-13(11(14)9-16-17)12(15-2)8-10-5-4-7-18-10/h9-10,12,15H,3-8H2,1-2H3. The second-order valence-electron chi connectivity index (χ2n) is 4.81. The lowest BCUT2D eigenvalue weighted by Crippen LogP contribution is -2.25. The molecule has 0 saturated carbocycles. The molecule has 4 nitrogen and oxygen atoms in total. The third-order valence-corrected chi connectivity index (χ3v) is 3.76. The zero-order valence-electron chi connectivity index (χ0n) is 11.2. The highest BCUT2D eigenvalue weighted by Crippen LogP contribution is 2.29. The van der Waals surface area contributed by atoms with Gasteiger partial charge in [0, 0.05) is 13.2 Å². The van der Waals surface area contributed by atoms with E-state index in [1.54, 1.807) is 6.20 Å². The largest absolute Gasteiger partial charge is 0.378 e. The molecule has 1 fully saturated rings. The third kappa shape index (κ3) is 3.05. The van der Waals surface area contributed by atoms with Crippen LogP contribution in [0.3, 0.4) is 0 Å². The molecule has 0 bridgehead atoms. The normalized spacial score (nSPS) is 21.4. The van der Waals surface area contributed by atoms with E-state index in [2.05, 4.69) is 17.3 Å². The Hall–Kier alpha value is -0.580. The Morgan fingerprint density at radius 3 is 3.11 bits per heavy atom. The molecule has 1 N–H and O–H groups in total. The average molecular weight is 272 g/mol. The van der Waals surface area contributed by atoms with Gasteiger partial charge in [0.25, 0.3) is 0 Å². The fourth-order valence-electron chi connectivity index (χ4n) is 2.57. The molecule has 0 aliphatic carbocycles. The van der Waals surface area contributed by atoms with Gasteiger partial charge < -0.3 is 10.1 Å². The minimum atomic E-state index is 0.217. The van der Waals surface area contributed by atoms with Crippen LogP contribution in [0.15, 0.2) is 6.20 Å². The maximum atomic E-state index is 6.28. The van der Waals surface area contributed by atoms with E-state index in [0.717, 1.165) is 43.1 Å². The van der Waals surface area contributed by atoms with Gasteiger partial charge in [-0.1, -0.05) is 18.5 Å². The van der Waals surface area contributed by atoms with E-state index in [-0.39, 0.29) is 6.04 Å². The molecule has 1 aromatic rings. The van der Waals surface area contributed by atoms with Gasteiger partial charge in [0.1, 0.15) is 0 Å². The van der Waals surface area contributed by atoms with Crippen LogP contribution in [0.25, 0.3) is 0 Å². The Labute approximate surface area is 114 Å². The maximum Gasteiger partial charge on any atom is 0.0834 e. The predicted molar refractivity (Wildman–Crippen MR) is 72.9 cm³/mol. The van der Waals surface area contributed by atoms with Crippen LogP contribution in [-0.2, 0) is 11.3 Å². The molecule has 5 heteroatoms. The van der Waals surface area contributed by atoms with Gasteiger partial charge in [-0.25, -0.2) is 0 Å². The number of halogens is 1. The highest BCUT2D eigenvalue weighted by Gasteiger charge is 2.25. The van der Waals surface area contributed by atoms with Crippen molar-refractivity contribution < 1.29 is 4.74 Å². The number of hydrogen-bond acceptors (Lipinski definition) is 3. The van der Waals surface area contributed by atoms with E-state index in [4.69, 9.17) is 16.3 Å². The molecule has 0 spiro atoms. The van der Waals surface area contributed by atoms with E-state index in [1.807, 2.05) is 11.7 Å². The highest BCUT2D eigenvalue weighted by atomic mass is 35.5.